The average molecular weight is 289 g/mol. The van der Waals surface area contributed by atoms with E-state index in [0.717, 1.165) is 0 Å². The van der Waals surface area contributed by atoms with Gasteiger partial charge in [0.1, 0.15) is 0 Å². The predicted octanol–water partition coefficient (Wildman–Crippen LogP) is 0.813. The molecule has 5 heteroatoms. The van der Waals surface area contributed by atoms with Gasteiger partial charge in [-0.3, -0.25) is 14.5 Å². The first-order valence-corrected chi connectivity index (χ1v) is 7.37. The van der Waals surface area contributed by atoms with Gasteiger partial charge in [0.2, 0.25) is 11.8 Å². The van der Waals surface area contributed by atoms with Gasteiger partial charge in [-0.15, -0.1) is 0 Å². The number of benzene rings is 1. The van der Waals surface area contributed by atoms with Crippen molar-refractivity contribution in [3.8, 4) is 0 Å². The van der Waals surface area contributed by atoms with Gasteiger partial charge in [-0.2, -0.15) is 0 Å². The third-order valence-electron chi connectivity index (χ3n) is 3.75. The summed E-state index contributed by atoms with van der Waals surface area (Å²) in [7, 11) is 0. The van der Waals surface area contributed by atoms with Crippen LogP contribution in [0.3, 0.4) is 0 Å². The molecule has 1 heterocycles. The minimum absolute atomic E-state index is 0.00655. The van der Waals surface area contributed by atoms with Crippen molar-refractivity contribution < 1.29 is 9.59 Å². The van der Waals surface area contributed by atoms with Crippen molar-refractivity contribution in [1.29, 1.82) is 0 Å². The smallest absolute Gasteiger partial charge is 0.235 e. The summed E-state index contributed by atoms with van der Waals surface area (Å²) in [6.45, 7) is 5.07. The van der Waals surface area contributed by atoms with Gasteiger partial charge >= 0.3 is 0 Å². The Morgan fingerprint density at radius 3 is 2.62 bits per heavy atom. The standard InChI is InChI=1S/C16H23N3O2/c1-11(2)18-15(20)7-8-19-10-13-6-4-3-5-12(13)9-14(19)16(17)21/h3-6,11,14H,7-10H2,1-2H3,(H2,17,21)(H,18,20)/t14-/m1/s1. The van der Waals surface area contributed by atoms with Gasteiger partial charge in [0.25, 0.3) is 0 Å². The SMILES string of the molecule is CC(C)NC(=O)CCN1Cc2ccccc2C[C@@H]1C(N)=O. The predicted molar refractivity (Wildman–Crippen MR) is 81.4 cm³/mol. The zero-order valence-corrected chi connectivity index (χ0v) is 12.6. The van der Waals surface area contributed by atoms with Crippen molar-refractivity contribution in [3.05, 3.63) is 35.4 Å². The van der Waals surface area contributed by atoms with E-state index < -0.39 is 0 Å². The van der Waals surface area contributed by atoms with Crippen LogP contribution in [0.2, 0.25) is 0 Å². The van der Waals surface area contributed by atoms with Gasteiger partial charge in [0, 0.05) is 25.6 Å². The molecule has 1 aliphatic heterocycles. The Labute approximate surface area is 125 Å². The van der Waals surface area contributed by atoms with E-state index in [9.17, 15) is 9.59 Å². The van der Waals surface area contributed by atoms with Crippen molar-refractivity contribution in [2.75, 3.05) is 6.54 Å². The fourth-order valence-corrected chi connectivity index (χ4v) is 2.73. The fourth-order valence-electron chi connectivity index (χ4n) is 2.73. The highest BCUT2D eigenvalue weighted by Crippen LogP contribution is 2.23. The van der Waals surface area contributed by atoms with E-state index in [-0.39, 0.29) is 23.9 Å². The summed E-state index contributed by atoms with van der Waals surface area (Å²) < 4.78 is 0. The zero-order valence-electron chi connectivity index (χ0n) is 12.6. The highest BCUT2D eigenvalue weighted by Gasteiger charge is 2.29. The Balaban J connectivity index is 2.03. The molecule has 0 bridgehead atoms. The topological polar surface area (TPSA) is 75.4 Å². The molecule has 5 nitrogen and oxygen atoms in total. The Morgan fingerprint density at radius 1 is 1.33 bits per heavy atom. The maximum atomic E-state index is 11.8. The quantitative estimate of drug-likeness (QED) is 0.842. The van der Waals surface area contributed by atoms with E-state index in [1.54, 1.807) is 0 Å². The van der Waals surface area contributed by atoms with E-state index in [0.29, 0.717) is 25.9 Å². The monoisotopic (exact) mass is 289 g/mol. The Morgan fingerprint density at radius 2 is 2.00 bits per heavy atom. The summed E-state index contributed by atoms with van der Waals surface area (Å²) in [4.78, 5) is 25.4. The van der Waals surface area contributed by atoms with Crippen LogP contribution in [0.25, 0.3) is 0 Å². The average Bonchev–Trinajstić information content (AvgIpc) is 2.43. The molecule has 114 valence electrons. The molecule has 0 saturated heterocycles. The molecule has 1 aromatic rings. The fraction of sp³-hybridized carbons (Fsp3) is 0.500. The van der Waals surface area contributed by atoms with Gasteiger partial charge in [-0.25, -0.2) is 0 Å². The van der Waals surface area contributed by atoms with E-state index in [1.807, 2.05) is 36.9 Å². The van der Waals surface area contributed by atoms with Crippen LogP contribution in [0.5, 0.6) is 0 Å². The summed E-state index contributed by atoms with van der Waals surface area (Å²) >= 11 is 0. The van der Waals surface area contributed by atoms with E-state index in [2.05, 4.69) is 11.4 Å². The van der Waals surface area contributed by atoms with Gasteiger partial charge < -0.3 is 11.1 Å². The number of fused-ring (bicyclic) bond motifs is 1. The second-order valence-corrected chi connectivity index (χ2v) is 5.83. The molecule has 0 spiro atoms. The van der Waals surface area contributed by atoms with Crippen molar-refractivity contribution >= 4 is 11.8 Å². The van der Waals surface area contributed by atoms with Crippen molar-refractivity contribution in [2.24, 2.45) is 5.73 Å². The van der Waals surface area contributed by atoms with Gasteiger partial charge in [0.15, 0.2) is 0 Å². The summed E-state index contributed by atoms with van der Waals surface area (Å²) in [5.74, 6) is -0.319. The minimum atomic E-state index is -0.327. The van der Waals surface area contributed by atoms with Crippen LogP contribution in [0, 0.1) is 0 Å². The largest absolute Gasteiger partial charge is 0.368 e. The Kier molecular flexibility index (Phi) is 4.96. The molecule has 1 aliphatic rings. The van der Waals surface area contributed by atoms with Crippen LogP contribution in [0.15, 0.2) is 24.3 Å². The van der Waals surface area contributed by atoms with E-state index >= 15 is 0 Å². The molecule has 0 aromatic heterocycles. The maximum Gasteiger partial charge on any atom is 0.235 e. The summed E-state index contributed by atoms with van der Waals surface area (Å²) in [5.41, 5.74) is 7.90. The molecule has 2 rings (SSSR count). The van der Waals surface area contributed by atoms with Crippen LogP contribution in [-0.2, 0) is 22.6 Å². The van der Waals surface area contributed by atoms with Crippen LogP contribution in [-0.4, -0.2) is 35.3 Å². The molecule has 1 atom stereocenters. The summed E-state index contributed by atoms with van der Waals surface area (Å²) in [6, 6.07) is 7.87. The summed E-state index contributed by atoms with van der Waals surface area (Å²) in [6.07, 6.45) is 1.00. The van der Waals surface area contributed by atoms with Crippen LogP contribution in [0.1, 0.15) is 31.4 Å². The van der Waals surface area contributed by atoms with Crippen molar-refractivity contribution in [1.82, 2.24) is 10.2 Å². The number of nitrogens with one attached hydrogen (secondary N) is 1. The van der Waals surface area contributed by atoms with Crippen LogP contribution >= 0.6 is 0 Å². The van der Waals surface area contributed by atoms with Crippen molar-refractivity contribution in [2.45, 2.75) is 45.3 Å². The number of rotatable bonds is 5. The summed E-state index contributed by atoms with van der Waals surface area (Å²) in [5, 5.41) is 2.86. The van der Waals surface area contributed by atoms with E-state index in [4.69, 9.17) is 5.73 Å². The lowest BCUT2D eigenvalue weighted by atomic mass is 9.93. The second kappa shape index (κ2) is 6.72. The molecule has 21 heavy (non-hydrogen) atoms. The molecule has 0 saturated carbocycles. The van der Waals surface area contributed by atoms with Crippen LogP contribution < -0.4 is 11.1 Å². The van der Waals surface area contributed by atoms with Gasteiger partial charge in [0.05, 0.1) is 6.04 Å². The number of hydrogen-bond donors (Lipinski definition) is 2. The molecule has 1 aromatic carbocycles. The van der Waals surface area contributed by atoms with Crippen molar-refractivity contribution in [3.63, 3.8) is 0 Å². The first-order valence-electron chi connectivity index (χ1n) is 7.37. The number of hydrogen-bond acceptors (Lipinski definition) is 3. The Hall–Kier alpha value is -1.88. The normalized spacial score (nSPS) is 18.3. The number of carbonyl (C=O) groups excluding carboxylic acids is 2. The highest BCUT2D eigenvalue weighted by atomic mass is 16.2. The molecule has 0 aliphatic carbocycles. The maximum absolute atomic E-state index is 11.8. The lowest BCUT2D eigenvalue weighted by Crippen LogP contribution is -2.49. The first-order chi connectivity index (χ1) is 9.97. The number of primary amides is 1. The van der Waals surface area contributed by atoms with Gasteiger partial charge in [-0.1, -0.05) is 24.3 Å². The molecule has 0 fully saturated rings. The van der Waals surface area contributed by atoms with E-state index in [1.165, 1.54) is 11.1 Å². The van der Waals surface area contributed by atoms with Gasteiger partial charge in [-0.05, 0) is 31.4 Å². The molecular weight excluding hydrogens is 266 g/mol. The third kappa shape index (κ3) is 4.04. The minimum Gasteiger partial charge on any atom is -0.368 e. The molecule has 0 unspecified atom stereocenters. The third-order valence-corrected chi connectivity index (χ3v) is 3.75. The Bertz CT molecular complexity index is 528. The number of carbonyl (C=O) groups is 2. The molecule has 3 N–H and O–H groups in total. The lowest BCUT2D eigenvalue weighted by molar-refractivity contribution is -0.126. The van der Waals surface area contributed by atoms with Crippen LogP contribution in [0.4, 0.5) is 0 Å². The lowest BCUT2D eigenvalue weighted by Gasteiger charge is -2.34. The first kappa shape index (κ1) is 15.5. The number of amides is 2. The number of nitrogens with zero attached hydrogens (tertiary/aromatic N) is 1. The highest BCUT2D eigenvalue weighted by molar-refractivity contribution is 5.81. The molecule has 2 amide bonds. The second-order valence-electron chi connectivity index (χ2n) is 5.83. The number of nitrogens with two attached hydrogens (primary N) is 1. The molecular formula is C16H23N3O2. The molecule has 0 radical (unpaired) electrons. The zero-order chi connectivity index (χ0) is 15.4.